The van der Waals surface area contributed by atoms with Crippen LogP contribution in [-0.4, -0.2) is 21.6 Å². The molecule has 1 heterocycles. The minimum absolute atomic E-state index is 0.178. The third kappa shape index (κ3) is 4.60. The molecule has 2 rings (SSSR count). The Bertz CT molecular complexity index is 587. The van der Waals surface area contributed by atoms with Crippen LogP contribution in [0.2, 0.25) is 0 Å². The largest absolute Gasteiger partial charge is 0.463 e. The number of ether oxygens (including phenoxy) is 1. The van der Waals surface area contributed by atoms with Crippen molar-refractivity contribution in [3.05, 3.63) is 29.8 Å². The summed E-state index contributed by atoms with van der Waals surface area (Å²) in [5.74, 6) is 0.698. The van der Waals surface area contributed by atoms with Gasteiger partial charge in [-0.15, -0.1) is 0 Å². The van der Waals surface area contributed by atoms with Crippen LogP contribution >= 0.6 is 11.8 Å². The maximum Gasteiger partial charge on any atom is 0.322 e. The quantitative estimate of drug-likeness (QED) is 0.880. The average molecular weight is 304 g/mol. The molecule has 2 N–H and O–H groups in total. The molecule has 0 aliphatic heterocycles. The molecule has 0 fully saturated rings. The first kappa shape index (κ1) is 15.6. The molecule has 0 spiro atoms. The standard InChI is InChI=1S/C15H20N4OS/c1-4-9-20-14-17-13(16)18-15(19-14)21-12-7-5-11(6-8-12)10(2)3/h5-8,10H,4,9H2,1-3H3,(H2,16,17,18,19). The topological polar surface area (TPSA) is 73.9 Å². The Morgan fingerprint density at radius 1 is 1.14 bits per heavy atom. The van der Waals surface area contributed by atoms with E-state index in [-0.39, 0.29) is 12.0 Å². The molecule has 0 unspecified atom stereocenters. The highest BCUT2D eigenvalue weighted by Crippen LogP contribution is 2.27. The summed E-state index contributed by atoms with van der Waals surface area (Å²) in [6, 6.07) is 8.64. The predicted octanol–water partition coefficient (Wildman–Crippen LogP) is 3.52. The number of nitrogens with zero attached hydrogens (tertiary/aromatic N) is 3. The van der Waals surface area contributed by atoms with Gasteiger partial charge in [0, 0.05) is 4.90 Å². The molecule has 0 aliphatic carbocycles. The van der Waals surface area contributed by atoms with E-state index in [1.807, 2.05) is 6.92 Å². The van der Waals surface area contributed by atoms with Gasteiger partial charge in [-0.05, 0) is 41.8 Å². The van der Waals surface area contributed by atoms with Crippen molar-refractivity contribution in [1.29, 1.82) is 0 Å². The van der Waals surface area contributed by atoms with Crippen molar-refractivity contribution in [3.8, 4) is 6.01 Å². The van der Waals surface area contributed by atoms with Crippen LogP contribution in [0.3, 0.4) is 0 Å². The summed E-state index contributed by atoms with van der Waals surface area (Å²) in [5, 5.41) is 0.547. The monoisotopic (exact) mass is 304 g/mol. The number of hydrogen-bond acceptors (Lipinski definition) is 6. The lowest BCUT2D eigenvalue weighted by molar-refractivity contribution is 0.288. The number of nitrogens with two attached hydrogens (primary N) is 1. The molecule has 1 aromatic carbocycles. The molecule has 0 aliphatic rings. The van der Waals surface area contributed by atoms with Gasteiger partial charge in [0.05, 0.1) is 6.61 Å². The van der Waals surface area contributed by atoms with E-state index in [9.17, 15) is 0 Å². The summed E-state index contributed by atoms with van der Waals surface area (Å²) in [6.07, 6.45) is 0.894. The second-order valence-electron chi connectivity index (χ2n) is 4.93. The first-order chi connectivity index (χ1) is 10.1. The van der Waals surface area contributed by atoms with Crippen LogP contribution in [0.4, 0.5) is 5.95 Å². The zero-order chi connectivity index (χ0) is 15.2. The molecule has 0 atom stereocenters. The highest BCUT2D eigenvalue weighted by atomic mass is 32.2. The number of benzene rings is 1. The molecule has 5 nitrogen and oxygen atoms in total. The van der Waals surface area contributed by atoms with Crippen molar-refractivity contribution in [2.75, 3.05) is 12.3 Å². The Labute approximate surface area is 129 Å². The van der Waals surface area contributed by atoms with E-state index in [1.54, 1.807) is 0 Å². The fourth-order valence-corrected chi connectivity index (χ4v) is 2.43. The maximum atomic E-state index is 5.69. The van der Waals surface area contributed by atoms with Crippen molar-refractivity contribution in [3.63, 3.8) is 0 Å². The molecule has 112 valence electrons. The van der Waals surface area contributed by atoms with Crippen molar-refractivity contribution in [1.82, 2.24) is 15.0 Å². The first-order valence-electron chi connectivity index (χ1n) is 7.00. The summed E-state index contributed by atoms with van der Waals surface area (Å²) < 4.78 is 5.41. The summed E-state index contributed by atoms with van der Waals surface area (Å²) in [7, 11) is 0. The summed E-state index contributed by atoms with van der Waals surface area (Å²) in [6.45, 7) is 6.94. The molecule has 0 bridgehead atoms. The van der Waals surface area contributed by atoms with Crippen molar-refractivity contribution in [2.45, 2.75) is 43.2 Å². The Hall–Kier alpha value is -1.82. The lowest BCUT2D eigenvalue weighted by atomic mass is 10.0. The van der Waals surface area contributed by atoms with Gasteiger partial charge >= 0.3 is 6.01 Å². The molecule has 6 heteroatoms. The van der Waals surface area contributed by atoms with Gasteiger partial charge in [0.2, 0.25) is 11.1 Å². The van der Waals surface area contributed by atoms with E-state index >= 15 is 0 Å². The molecular formula is C15H20N4OS. The van der Waals surface area contributed by atoms with Gasteiger partial charge in [0.25, 0.3) is 0 Å². The number of nitrogen functional groups attached to an aromatic ring is 1. The minimum atomic E-state index is 0.178. The number of hydrogen-bond donors (Lipinski definition) is 1. The normalized spacial score (nSPS) is 10.9. The second kappa shape index (κ2) is 7.26. The second-order valence-corrected chi connectivity index (χ2v) is 5.97. The van der Waals surface area contributed by atoms with Gasteiger partial charge in [-0.25, -0.2) is 0 Å². The molecule has 0 saturated carbocycles. The zero-order valence-corrected chi connectivity index (χ0v) is 13.4. The SMILES string of the molecule is CCCOc1nc(N)nc(Sc2ccc(C(C)C)cc2)n1. The van der Waals surface area contributed by atoms with Gasteiger partial charge in [0.1, 0.15) is 0 Å². The Morgan fingerprint density at radius 2 is 1.86 bits per heavy atom. The third-order valence-electron chi connectivity index (χ3n) is 2.80. The van der Waals surface area contributed by atoms with Gasteiger partial charge in [-0.2, -0.15) is 15.0 Å². The van der Waals surface area contributed by atoms with Gasteiger partial charge < -0.3 is 10.5 Å². The van der Waals surface area contributed by atoms with Crippen LogP contribution in [0.25, 0.3) is 0 Å². The van der Waals surface area contributed by atoms with Gasteiger partial charge in [-0.3, -0.25) is 0 Å². The average Bonchev–Trinajstić information content (AvgIpc) is 2.45. The van der Waals surface area contributed by atoms with E-state index in [0.29, 0.717) is 17.7 Å². The van der Waals surface area contributed by atoms with Crippen molar-refractivity contribution in [2.24, 2.45) is 0 Å². The number of aromatic nitrogens is 3. The van der Waals surface area contributed by atoms with Crippen LogP contribution in [0.5, 0.6) is 6.01 Å². The lowest BCUT2D eigenvalue weighted by Gasteiger charge is -2.07. The van der Waals surface area contributed by atoms with Crippen molar-refractivity contribution < 1.29 is 4.74 Å². The molecule has 0 amide bonds. The van der Waals surface area contributed by atoms with Crippen LogP contribution in [0.15, 0.2) is 34.3 Å². The fraction of sp³-hybridized carbons (Fsp3) is 0.400. The number of anilines is 1. The van der Waals surface area contributed by atoms with E-state index in [4.69, 9.17) is 10.5 Å². The van der Waals surface area contributed by atoms with E-state index in [1.165, 1.54) is 17.3 Å². The number of rotatable bonds is 6. The van der Waals surface area contributed by atoms with Crippen LogP contribution in [0, 0.1) is 0 Å². The lowest BCUT2D eigenvalue weighted by Crippen LogP contribution is -2.05. The fourth-order valence-electron chi connectivity index (χ4n) is 1.68. The molecular weight excluding hydrogens is 284 g/mol. The van der Waals surface area contributed by atoms with Crippen LogP contribution in [-0.2, 0) is 0 Å². The molecule has 21 heavy (non-hydrogen) atoms. The Morgan fingerprint density at radius 3 is 2.48 bits per heavy atom. The summed E-state index contributed by atoms with van der Waals surface area (Å²) in [5.41, 5.74) is 7.00. The van der Waals surface area contributed by atoms with Crippen LogP contribution in [0.1, 0.15) is 38.7 Å². The highest BCUT2D eigenvalue weighted by molar-refractivity contribution is 7.99. The Balaban J connectivity index is 2.12. The smallest absolute Gasteiger partial charge is 0.322 e. The predicted molar refractivity (Wildman–Crippen MR) is 84.7 cm³/mol. The molecule has 2 aromatic rings. The maximum absolute atomic E-state index is 5.69. The van der Waals surface area contributed by atoms with E-state index in [2.05, 4.69) is 53.1 Å². The van der Waals surface area contributed by atoms with Gasteiger partial charge in [-0.1, -0.05) is 32.9 Å². The minimum Gasteiger partial charge on any atom is -0.463 e. The summed E-state index contributed by atoms with van der Waals surface area (Å²) in [4.78, 5) is 13.4. The van der Waals surface area contributed by atoms with Crippen molar-refractivity contribution >= 4 is 17.7 Å². The third-order valence-corrected chi connectivity index (χ3v) is 3.68. The molecule has 1 aromatic heterocycles. The summed E-state index contributed by atoms with van der Waals surface area (Å²) >= 11 is 1.45. The highest BCUT2D eigenvalue weighted by Gasteiger charge is 2.08. The van der Waals surface area contributed by atoms with E-state index < -0.39 is 0 Å². The van der Waals surface area contributed by atoms with E-state index in [0.717, 1.165) is 11.3 Å². The zero-order valence-electron chi connectivity index (χ0n) is 12.5. The van der Waals surface area contributed by atoms with Gasteiger partial charge in [0.15, 0.2) is 0 Å². The van der Waals surface area contributed by atoms with Crippen LogP contribution < -0.4 is 10.5 Å². The molecule has 0 saturated heterocycles. The molecule has 0 radical (unpaired) electrons. The Kier molecular flexibility index (Phi) is 5.38. The first-order valence-corrected chi connectivity index (χ1v) is 7.82.